The zero-order chi connectivity index (χ0) is 14.4. The fourth-order valence-corrected chi connectivity index (χ4v) is 3.44. The van der Waals surface area contributed by atoms with Crippen molar-refractivity contribution in [2.45, 2.75) is 44.1 Å². The van der Waals surface area contributed by atoms with E-state index in [-0.39, 0.29) is 24.2 Å². The maximum absolute atomic E-state index is 12.7. The van der Waals surface area contributed by atoms with Crippen LogP contribution < -0.4 is 10.6 Å². The van der Waals surface area contributed by atoms with Crippen molar-refractivity contribution < 1.29 is 9.59 Å². The van der Waals surface area contributed by atoms with Crippen LogP contribution in [0.1, 0.15) is 43.6 Å². The second kappa shape index (κ2) is 4.86. The van der Waals surface area contributed by atoms with Crippen LogP contribution in [-0.4, -0.2) is 17.9 Å². The number of hydrogen-bond donors (Lipinski definition) is 2. The number of rotatable bonds is 4. The molecule has 1 aliphatic heterocycles. The molecule has 2 aliphatic carbocycles. The fraction of sp³-hybridized carbons (Fsp3) is 0.529. The number of benzene rings is 1. The average molecular weight is 284 g/mol. The summed E-state index contributed by atoms with van der Waals surface area (Å²) in [6.07, 6.45) is 5.21. The monoisotopic (exact) mass is 284 g/mol. The topological polar surface area (TPSA) is 58.2 Å². The Hall–Kier alpha value is -1.84. The molecule has 3 aliphatic rings. The van der Waals surface area contributed by atoms with Gasteiger partial charge in [-0.3, -0.25) is 9.59 Å². The van der Waals surface area contributed by atoms with Gasteiger partial charge >= 0.3 is 0 Å². The Kier molecular flexibility index (Phi) is 2.98. The molecule has 110 valence electrons. The molecule has 2 amide bonds. The standard InChI is InChI=1S/C17H20N2O2/c20-15-9-13(12-3-1-2-4-14(12)18-15)17(21)19-16(10-5-6-10)11-7-8-11/h1-4,10-11,13,16H,5-9H2,(H,18,20)(H,19,21)/t13-/m0/s1. The van der Waals surface area contributed by atoms with E-state index >= 15 is 0 Å². The SMILES string of the molecule is O=C1C[C@H](C(=O)NC(C2CC2)C2CC2)c2ccccc2N1. The summed E-state index contributed by atoms with van der Waals surface area (Å²) in [7, 11) is 0. The van der Waals surface area contributed by atoms with Crippen molar-refractivity contribution in [2.75, 3.05) is 5.32 Å². The minimum Gasteiger partial charge on any atom is -0.352 e. The van der Waals surface area contributed by atoms with Gasteiger partial charge in [-0.1, -0.05) is 18.2 Å². The molecule has 0 bridgehead atoms. The van der Waals surface area contributed by atoms with Crippen LogP contribution in [0, 0.1) is 11.8 Å². The van der Waals surface area contributed by atoms with Crippen LogP contribution >= 0.6 is 0 Å². The molecule has 2 N–H and O–H groups in total. The lowest BCUT2D eigenvalue weighted by atomic mass is 9.89. The Balaban J connectivity index is 1.54. The van der Waals surface area contributed by atoms with Crippen molar-refractivity contribution in [3.05, 3.63) is 29.8 Å². The highest BCUT2D eigenvalue weighted by Crippen LogP contribution is 2.45. The zero-order valence-corrected chi connectivity index (χ0v) is 12.0. The number of carbonyl (C=O) groups excluding carboxylic acids is 2. The molecule has 4 rings (SSSR count). The van der Waals surface area contributed by atoms with Crippen molar-refractivity contribution in [2.24, 2.45) is 11.8 Å². The molecule has 1 heterocycles. The largest absolute Gasteiger partial charge is 0.352 e. The molecule has 0 unspecified atom stereocenters. The van der Waals surface area contributed by atoms with Crippen LogP contribution in [0.4, 0.5) is 5.69 Å². The first-order chi connectivity index (χ1) is 10.2. The van der Waals surface area contributed by atoms with Crippen LogP contribution in [0.2, 0.25) is 0 Å². The van der Waals surface area contributed by atoms with Gasteiger partial charge < -0.3 is 10.6 Å². The van der Waals surface area contributed by atoms with Gasteiger partial charge in [0.15, 0.2) is 0 Å². The summed E-state index contributed by atoms with van der Waals surface area (Å²) in [4.78, 5) is 24.5. The summed E-state index contributed by atoms with van der Waals surface area (Å²) in [5, 5.41) is 6.10. The minimum atomic E-state index is -0.338. The highest BCUT2D eigenvalue weighted by Gasteiger charge is 2.43. The van der Waals surface area contributed by atoms with Gasteiger partial charge in [0.05, 0.1) is 5.92 Å². The lowest BCUT2D eigenvalue weighted by molar-refractivity contribution is -0.127. The Morgan fingerprint density at radius 1 is 1.14 bits per heavy atom. The third kappa shape index (κ3) is 2.55. The van der Waals surface area contributed by atoms with Gasteiger partial charge in [-0.2, -0.15) is 0 Å². The number of para-hydroxylation sites is 1. The summed E-state index contributed by atoms with van der Waals surface area (Å²) < 4.78 is 0. The smallest absolute Gasteiger partial charge is 0.228 e. The van der Waals surface area contributed by atoms with Crippen molar-refractivity contribution in [1.29, 1.82) is 0 Å². The van der Waals surface area contributed by atoms with Gasteiger partial charge in [-0.05, 0) is 49.1 Å². The summed E-state index contributed by atoms with van der Waals surface area (Å²) in [6, 6.07) is 7.97. The first-order valence-electron chi connectivity index (χ1n) is 7.91. The predicted molar refractivity (Wildman–Crippen MR) is 79.8 cm³/mol. The second-order valence-electron chi connectivity index (χ2n) is 6.60. The Morgan fingerprint density at radius 3 is 2.48 bits per heavy atom. The number of carbonyl (C=O) groups is 2. The quantitative estimate of drug-likeness (QED) is 0.892. The van der Waals surface area contributed by atoms with E-state index in [9.17, 15) is 9.59 Å². The van der Waals surface area contributed by atoms with Crippen molar-refractivity contribution in [3.63, 3.8) is 0 Å². The molecule has 4 nitrogen and oxygen atoms in total. The van der Waals surface area contributed by atoms with E-state index in [1.807, 2.05) is 24.3 Å². The van der Waals surface area contributed by atoms with Crippen molar-refractivity contribution in [3.8, 4) is 0 Å². The van der Waals surface area contributed by atoms with Crippen LogP contribution in [0.3, 0.4) is 0 Å². The van der Waals surface area contributed by atoms with Gasteiger partial charge in [0.1, 0.15) is 0 Å². The third-order valence-corrected chi connectivity index (χ3v) is 4.88. The number of nitrogens with one attached hydrogen (secondary N) is 2. The molecule has 0 saturated heterocycles. The molecule has 1 atom stereocenters. The van der Waals surface area contributed by atoms with E-state index in [0.717, 1.165) is 11.3 Å². The van der Waals surface area contributed by atoms with E-state index in [4.69, 9.17) is 0 Å². The lowest BCUT2D eigenvalue weighted by Gasteiger charge is -2.27. The zero-order valence-electron chi connectivity index (χ0n) is 12.0. The van der Waals surface area contributed by atoms with E-state index in [1.54, 1.807) is 0 Å². The fourth-order valence-electron chi connectivity index (χ4n) is 3.44. The molecule has 1 aromatic carbocycles. The maximum atomic E-state index is 12.7. The normalized spacial score (nSPS) is 24.4. The Labute approximate surface area is 124 Å². The van der Waals surface area contributed by atoms with Crippen molar-refractivity contribution in [1.82, 2.24) is 5.32 Å². The van der Waals surface area contributed by atoms with Gasteiger partial charge in [-0.25, -0.2) is 0 Å². The van der Waals surface area contributed by atoms with Crippen LogP contribution in [-0.2, 0) is 9.59 Å². The molecule has 0 spiro atoms. The molecule has 0 aromatic heterocycles. The first-order valence-corrected chi connectivity index (χ1v) is 7.91. The Bertz CT molecular complexity index is 578. The van der Waals surface area contributed by atoms with Gasteiger partial charge in [0.25, 0.3) is 0 Å². The summed E-state index contributed by atoms with van der Waals surface area (Å²) >= 11 is 0. The summed E-state index contributed by atoms with van der Waals surface area (Å²) in [5.74, 6) is 0.975. The summed E-state index contributed by atoms with van der Waals surface area (Å²) in [5.41, 5.74) is 1.73. The molecular formula is C17H20N2O2. The predicted octanol–water partition coefficient (Wildman–Crippen LogP) is 2.42. The van der Waals surface area contributed by atoms with E-state index in [2.05, 4.69) is 10.6 Å². The van der Waals surface area contributed by atoms with Crippen molar-refractivity contribution >= 4 is 17.5 Å². The van der Waals surface area contributed by atoms with Crippen LogP contribution in [0.15, 0.2) is 24.3 Å². The number of hydrogen-bond acceptors (Lipinski definition) is 2. The van der Waals surface area contributed by atoms with E-state index in [0.29, 0.717) is 17.9 Å². The van der Waals surface area contributed by atoms with Crippen LogP contribution in [0.25, 0.3) is 0 Å². The molecule has 2 fully saturated rings. The maximum Gasteiger partial charge on any atom is 0.228 e. The average Bonchev–Trinajstić information content (AvgIpc) is 3.37. The van der Waals surface area contributed by atoms with E-state index < -0.39 is 0 Å². The number of fused-ring (bicyclic) bond motifs is 1. The Morgan fingerprint density at radius 2 is 1.81 bits per heavy atom. The van der Waals surface area contributed by atoms with Gasteiger partial charge in [-0.15, -0.1) is 0 Å². The third-order valence-electron chi connectivity index (χ3n) is 4.88. The molecular weight excluding hydrogens is 264 g/mol. The molecule has 4 heteroatoms. The minimum absolute atomic E-state index is 0.0288. The highest BCUT2D eigenvalue weighted by molar-refractivity contribution is 6.01. The molecule has 21 heavy (non-hydrogen) atoms. The van der Waals surface area contributed by atoms with E-state index in [1.165, 1.54) is 25.7 Å². The van der Waals surface area contributed by atoms with Gasteiger partial charge in [0.2, 0.25) is 11.8 Å². The van der Waals surface area contributed by atoms with Crippen LogP contribution in [0.5, 0.6) is 0 Å². The highest BCUT2D eigenvalue weighted by atomic mass is 16.2. The second-order valence-corrected chi connectivity index (χ2v) is 6.60. The summed E-state index contributed by atoms with van der Waals surface area (Å²) in [6.45, 7) is 0. The lowest BCUT2D eigenvalue weighted by Crippen LogP contribution is -2.42. The van der Waals surface area contributed by atoms with Gasteiger partial charge in [0, 0.05) is 18.2 Å². The molecule has 0 radical (unpaired) electrons. The molecule has 1 aromatic rings. The first kappa shape index (κ1) is 12.9. The number of anilines is 1. The number of amides is 2. The molecule has 2 saturated carbocycles.